The number of aliphatic hydroxyl groups is 1. The lowest BCUT2D eigenvalue weighted by Crippen LogP contribution is -2.27. The van der Waals surface area contributed by atoms with Gasteiger partial charge in [-0.3, -0.25) is 0 Å². The van der Waals surface area contributed by atoms with Crippen molar-refractivity contribution in [1.82, 2.24) is 5.32 Å². The van der Waals surface area contributed by atoms with Crippen LogP contribution in [0.3, 0.4) is 0 Å². The third-order valence-corrected chi connectivity index (χ3v) is 3.23. The topological polar surface area (TPSA) is 32.3 Å². The lowest BCUT2D eigenvalue weighted by atomic mass is 9.86. The molecular weight excluding hydrogens is 222 g/mol. The van der Waals surface area contributed by atoms with Crippen molar-refractivity contribution < 1.29 is 5.11 Å². The van der Waals surface area contributed by atoms with Gasteiger partial charge >= 0.3 is 0 Å². The van der Waals surface area contributed by atoms with Crippen molar-refractivity contribution in [2.45, 2.75) is 31.8 Å². The fourth-order valence-corrected chi connectivity index (χ4v) is 2.40. The Kier molecular flexibility index (Phi) is 5.26. The number of rotatable bonds is 2. The van der Waals surface area contributed by atoms with Crippen LogP contribution in [0, 0.1) is 0 Å². The van der Waals surface area contributed by atoms with E-state index in [1.165, 1.54) is 18.4 Å². The molecule has 0 bridgehead atoms. The largest absolute Gasteiger partial charge is 0.389 e. The number of nitrogens with one attached hydrogen (secondary N) is 1. The number of halogens is 1. The van der Waals surface area contributed by atoms with E-state index in [1.54, 1.807) is 0 Å². The molecule has 0 amide bonds. The molecule has 0 aromatic heterocycles. The molecule has 1 unspecified atom stereocenters. The summed E-state index contributed by atoms with van der Waals surface area (Å²) in [5.74, 6) is 0.622. The Bertz CT molecular complexity index is 321. The Morgan fingerprint density at radius 3 is 2.50 bits per heavy atom. The molecule has 16 heavy (non-hydrogen) atoms. The Morgan fingerprint density at radius 2 is 1.88 bits per heavy atom. The Balaban J connectivity index is 0.00000128. The van der Waals surface area contributed by atoms with Crippen molar-refractivity contribution in [3.63, 3.8) is 0 Å². The van der Waals surface area contributed by atoms with Gasteiger partial charge in [-0.05, 0) is 49.9 Å². The molecule has 0 radical (unpaired) electrons. The standard InChI is InChI=1S/C13H19NO.ClH/c1-10(15)12-4-2-3-5-13(12)11-6-8-14-9-7-11;/h2-5,10-11,14-15H,6-9H2,1H3;1H. The smallest absolute Gasteiger partial charge is 0.0764 e. The number of hydrogen-bond acceptors (Lipinski definition) is 2. The molecule has 1 aliphatic rings. The van der Waals surface area contributed by atoms with Crippen molar-refractivity contribution in [1.29, 1.82) is 0 Å². The van der Waals surface area contributed by atoms with Crippen molar-refractivity contribution in [2.24, 2.45) is 0 Å². The van der Waals surface area contributed by atoms with Gasteiger partial charge in [-0.25, -0.2) is 0 Å². The molecule has 1 aliphatic heterocycles. The van der Waals surface area contributed by atoms with Gasteiger partial charge in [0, 0.05) is 0 Å². The second kappa shape index (κ2) is 6.24. The maximum atomic E-state index is 9.72. The van der Waals surface area contributed by atoms with Gasteiger partial charge in [0.2, 0.25) is 0 Å². The highest BCUT2D eigenvalue weighted by molar-refractivity contribution is 5.85. The van der Waals surface area contributed by atoms with E-state index in [-0.39, 0.29) is 18.5 Å². The fourth-order valence-electron chi connectivity index (χ4n) is 2.40. The molecule has 1 heterocycles. The molecule has 1 atom stereocenters. The summed E-state index contributed by atoms with van der Waals surface area (Å²) in [6, 6.07) is 8.29. The van der Waals surface area contributed by atoms with Gasteiger partial charge in [0.05, 0.1) is 6.10 Å². The molecule has 2 N–H and O–H groups in total. The summed E-state index contributed by atoms with van der Waals surface area (Å²) in [5, 5.41) is 13.1. The Hall–Kier alpha value is -0.570. The first kappa shape index (κ1) is 13.5. The highest BCUT2D eigenvalue weighted by atomic mass is 35.5. The summed E-state index contributed by atoms with van der Waals surface area (Å²) < 4.78 is 0. The van der Waals surface area contributed by atoms with E-state index < -0.39 is 0 Å². The van der Waals surface area contributed by atoms with Crippen molar-refractivity contribution >= 4 is 12.4 Å². The maximum Gasteiger partial charge on any atom is 0.0764 e. The molecule has 1 aromatic rings. The van der Waals surface area contributed by atoms with Gasteiger partial charge < -0.3 is 10.4 Å². The van der Waals surface area contributed by atoms with Crippen LogP contribution in [0.15, 0.2) is 24.3 Å². The third kappa shape index (κ3) is 2.97. The van der Waals surface area contributed by atoms with Gasteiger partial charge in [0.15, 0.2) is 0 Å². The lowest BCUT2D eigenvalue weighted by molar-refractivity contribution is 0.197. The number of aliphatic hydroxyl groups excluding tert-OH is 1. The van der Waals surface area contributed by atoms with Crippen LogP contribution in [-0.2, 0) is 0 Å². The van der Waals surface area contributed by atoms with Crippen LogP contribution < -0.4 is 5.32 Å². The third-order valence-electron chi connectivity index (χ3n) is 3.23. The summed E-state index contributed by atoms with van der Waals surface area (Å²) in [6.45, 7) is 4.04. The van der Waals surface area contributed by atoms with Crippen molar-refractivity contribution in [3.05, 3.63) is 35.4 Å². The minimum absolute atomic E-state index is 0. The molecule has 2 rings (SSSR count). The summed E-state index contributed by atoms with van der Waals surface area (Å²) in [4.78, 5) is 0. The van der Waals surface area contributed by atoms with Crippen LogP contribution in [0.5, 0.6) is 0 Å². The van der Waals surface area contributed by atoms with Crippen LogP contribution in [0.25, 0.3) is 0 Å². The molecule has 1 aromatic carbocycles. The second-order valence-corrected chi connectivity index (χ2v) is 4.33. The number of benzene rings is 1. The van der Waals surface area contributed by atoms with E-state index in [9.17, 15) is 5.11 Å². The normalized spacial score (nSPS) is 18.9. The van der Waals surface area contributed by atoms with Crippen LogP contribution in [0.1, 0.15) is 42.9 Å². The van der Waals surface area contributed by atoms with Crippen LogP contribution >= 0.6 is 12.4 Å². The average Bonchev–Trinajstić information content (AvgIpc) is 2.30. The van der Waals surface area contributed by atoms with Gasteiger partial charge in [-0.1, -0.05) is 24.3 Å². The zero-order chi connectivity index (χ0) is 10.7. The van der Waals surface area contributed by atoms with Crippen LogP contribution in [0.4, 0.5) is 0 Å². The highest BCUT2D eigenvalue weighted by Gasteiger charge is 2.19. The first-order chi connectivity index (χ1) is 7.29. The molecule has 0 spiro atoms. The monoisotopic (exact) mass is 241 g/mol. The number of piperidine rings is 1. The average molecular weight is 242 g/mol. The predicted octanol–water partition coefficient (Wildman–Crippen LogP) is 2.63. The SMILES string of the molecule is CC(O)c1ccccc1C1CCNCC1.Cl. The molecule has 90 valence electrons. The molecule has 0 aliphatic carbocycles. The van der Waals surface area contributed by atoms with Crippen molar-refractivity contribution in [2.75, 3.05) is 13.1 Å². The van der Waals surface area contributed by atoms with E-state index in [4.69, 9.17) is 0 Å². The summed E-state index contributed by atoms with van der Waals surface area (Å²) in [5.41, 5.74) is 2.44. The minimum Gasteiger partial charge on any atom is -0.389 e. The highest BCUT2D eigenvalue weighted by Crippen LogP contribution is 2.30. The summed E-state index contributed by atoms with van der Waals surface area (Å²) in [6.07, 6.45) is 2.02. The minimum atomic E-state index is -0.351. The lowest BCUT2D eigenvalue weighted by Gasteiger charge is -2.25. The van der Waals surface area contributed by atoms with Crippen LogP contribution in [-0.4, -0.2) is 18.2 Å². The fraction of sp³-hybridized carbons (Fsp3) is 0.538. The summed E-state index contributed by atoms with van der Waals surface area (Å²) >= 11 is 0. The molecule has 1 saturated heterocycles. The first-order valence-corrected chi connectivity index (χ1v) is 5.76. The molecule has 1 fully saturated rings. The van der Waals surface area contributed by atoms with Gasteiger partial charge in [0.25, 0.3) is 0 Å². The maximum absolute atomic E-state index is 9.72. The zero-order valence-electron chi connectivity index (χ0n) is 9.65. The molecule has 2 nitrogen and oxygen atoms in total. The summed E-state index contributed by atoms with van der Waals surface area (Å²) in [7, 11) is 0. The van der Waals surface area contributed by atoms with E-state index in [1.807, 2.05) is 19.1 Å². The first-order valence-electron chi connectivity index (χ1n) is 5.76. The van der Waals surface area contributed by atoms with Gasteiger partial charge in [-0.15, -0.1) is 12.4 Å². The second-order valence-electron chi connectivity index (χ2n) is 4.33. The predicted molar refractivity (Wildman–Crippen MR) is 69.2 cm³/mol. The van der Waals surface area contributed by atoms with E-state index in [0.717, 1.165) is 18.7 Å². The van der Waals surface area contributed by atoms with Crippen LogP contribution in [0.2, 0.25) is 0 Å². The molecule has 3 heteroatoms. The Morgan fingerprint density at radius 1 is 1.25 bits per heavy atom. The van der Waals surface area contributed by atoms with E-state index in [0.29, 0.717) is 5.92 Å². The zero-order valence-corrected chi connectivity index (χ0v) is 10.5. The van der Waals surface area contributed by atoms with Gasteiger partial charge in [-0.2, -0.15) is 0 Å². The molecular formula is C13H20ClNO. The van der Waals surface area contributed by atoms with E-state index >= 15 is 0 Å². The quantitative estimate of drug-likeness (QED) is 0.835. The van der Waals surface area contributed by atoms with Crippen molar-refractivity contribution in [3.8, 4) is 0 Å². The van der Waals surface area contributed by atoms with Gasteiger partial charge in [0.1, 0.15) is 0 Å². The molecule has 0 saturated carbocycles. The number of hydrogen-bond donors (Lipinski definition) is 2. The van der Waals surface area contributed by atoms with E-state index in [2.05, 4.69) is 17.4 Å². The Labute approximate surface area is 103 Å².